The number of ether oxygens (including phenoxy) is 1. The molecule has 1 fully saturated rings. The Morgan fingerprint density at radius 3 is 1.87 bits per heavy atom. The third-order valence-electron chi connectivity index (χ3n) is 1.09. The number of cyclic esters (lactones) is 2. The molecule has 1 rings (SSSR count). The molecule has 0 aliphatic carbocycles. The third kappa shape index (κ3) is 4.96. The molecule has 2 N–H and O–H groups in total. The maximum absolute atomic E-state index is 10.6. The summed E-state index contributed by atoms with van der Waals surface area (Å²) >= 11 is 0. The predicted octanol–water partition coefficient (Wildman–Crippen LogP) is -0.546. The van der Waals surface area contributed by atoms with Crippen molar-refractivity contribution in [3.63, 3.8) is 0 Å². The maximum Gasteiger partial charge on any atom is 0.490 e. The number of carboxylic acid groups (broad SMARTS) is 1. The van der Waals surface area contributed by atoms with Crippen molar-refractivity contribution in [2.45, 2.75) is 18.7 Å². The van der Waals surface area contributed by atoms with E-state index in [1.807, 2.05) is 0 Å². The second kappa shape index (κ2) is 4.73. The summed E-state index contributed by atoms with van der Waals surface area (Å²) in [5.74, 6) is -4.25. The molecule has 1 aliphatic rings. The SMILES string of the molecule is O=C(O)C(F)(F)F.O=C1C[C@H](O)C(=O)O1. The number of aliphatic hydroxyl groups excluding tert-OH is 1. The molecule has 1 aliphatic heterocycles. The minimum absolute atomic E-state index is 0.196. The largest absolute Gasteiger partial charge is 0.490 e. The zero-order valence-electron chi connectivity index (χ0n) is 6.95. The molecular formula is C6H5F3O6. The first-order valence-corrected chi connectivity index (χ1v) is 3.37. The van der Waals surface area contributed by atoms with E-state index < -0.39 is 30.2 Å². The van der Waals surface area contributed by atoms with Crippen molar-refractivity contribution in [1.29, 1.82) is 0 Å². The lowest BCUT2D eigenvalue weighted by Crippen LogP contribution is -2.21. The summed E-state index contributed by atoms with van der Waals surface area (Å²) in [6.45, 7) is 0. The van der Waals surface area contributed by atoms with Gasteiger partial charge in [-0.2, -0.15) is 13.2 Å². The molecule has 0 spiro atoms. The number of carbonyl (C=O) groups excluding carboxylic acids is 2. The lowest BCUT2D eigenvalue weighted by Gasteiger charge is -1.93. The topological polar surface area (TPSA) is 101 Å². The number of hydrogen-bond donors (Lipinski definition) is 2. The maximum atomic E-state index is 10.6. The molecule has 0 bridgehead atoms. The summed E-state index contributed by atoms with van der Waals surface area (Å²) in [4.78, 5) is 29.0. The Hall–Kier alpha value is -1.64. The Kier molecular flexibility index (Phi) is 4.21. The molecule has 0 unspecified atom stereocenters. The van der Waals surface area contributed by atoms with E-state index in [1.54, 1.807) is 0 Å². The van der Waals surface area contributed by atoms with Crippen LogP contribution < -0.4 is 0 Å². The van der Waals surface area contributed by atoms with E-state index in [9.17, 15) is 22.8 Å². The molecule has 0 aromatic heterocycles. The molecule has 0 radical (unpaired) electrons. The molecule has 0 saturated carbocycles. The van der Waals surface area contributed by atoms with Gasteiger partial charge in [0.15, 0.2) is 6.10 Å². The second-order valence-electron chi connectivity index (χ2n) is 2.32. The standard InChI is InChI=1S/C4H4O4.C2HF3O2/c5-2-1-3(6)8-4(2)7;3-2(4,5)1(6)7/h2,5H,1H2;(H,6,7)/t2-;/m0./s1. The fourth-order valence-electron chi connectivity index (χ4n) is 0.463. The molecular weight excluding hydrogens is 225 g/mol. The number of carboxylic acids is 1. The monoisotopic (exact) mass is 230 g/mol. The lowest BCUT2D eigenvalue weighted by atomic mass is 10.3. The van der Waals surface area contributed by atoms with Crippen LogP contribution in [-0.4, -0.2) is 40.4 Å². The van der Waals surface area contributed by atoms with E-state index in [1.165, 1.54) is 0 Å². The van der Waals surface area contributed by atoms with Gasteiger partial charge < -0.3 is 14.9 Å². The number of hydrogen-bond acceptors (Lipinski definition) is 5. The number of carbonyl (C=O) groups is 3. The molecule has 1 atom stereocenters. The van der Waals surface area contributed by atoms with E-state index in [2.05, 4.69) is 4.74 Å². The molecule has 0 aromatic rings. The molecule has 1 saturated heterocycles. The Labute approximate surface area is 80.2 Å². The molecule has 1 heterocycles. The molecule has 9 heteroatoms. The average Bonchev–Trinajstić information content (AvgIpc) is 2.28. The van der Waals surface area contributed by atoms with Crippen molar-refractivity contribution < 1.29 is 42.5 Å². The van der Waals surface area contributed by atoms with Gasteiger partial charge in [0, 0.05) is 0 Å². The van der Waals surface area contributed by atoms with Gasteiger partial charge in [-0.1, -0.05) is 0 Å². The number of esters is 2. The highest BCUT2D eigenvalue weighted by molar-refractivity contribution is 5.95. The van der Waals surface area contributed by atoms with E-state index in [4.69, 9.17) is 15.0 Å². The van der Waals surface area contributed by atoms with Crippen LogP contribution in [0.5, 0.6) is 0 Å². The van der Waals surface area contributed by atoms with E-state index in [-0.39, 0.29) is 6.42 Å². The van der Waals surface area contributed by atoms with Gasteiger partial charge in [0.05, 0.1) is 6.42 Å². The fourth-order valence-corrected chi connectivity index (χ4v) is 0.463. The summed E-state index contributed by atoms with van der Waals surface area (Å²) < 4.78 is 35.7. The Morgan fingerprint density at radius 1 is 1.40 bits per heavy atom. The van der Waals surface area contributed by atoms with Gasteiger partial charge in [0.1, 0.15) is 0 Å². The zero-order valence-corrected chi connectivity index (χ0v) is 6.95. The van der Waals surface area contributed by atoms with Gasteiger partial charge in [-0.15, -0.1) is 0 Å². The van der Waals surface area contributed by atoms with Gasteiger partial charge in [-0.3, -0.25) is 4.79 Å². The van der Waals surface area contributed by atoms with Crippen LogP contribution in [0.1, 0.15) is 6.42 Å². The van der Waals surface area contributed by atoms with Crippen LogP contribution in [0.15, 0.2) is 0 Å². The summed E-state index contributed by atoms with van der Waals surface area (Å²) in [6.07, 6.45) is -6.50. The van der Waals surface area contributed by atoms with Crippen molar-refractivity contribution in [3.8, 4) is 0 Å². The lowest BCUT2D eigenvalue weighted by molar-refractivity contribution is -0.192. The van der Waals surface area contributed by atoms with Gasteiger partial charge >= 0.3 is 24.1 Å². The van der Waals surface area contributed by atoms with Crippen molar-refractivity contribution in [1.82, 2.24) is 0 Å². The smallest absolute Gasteiger partial charge is 0.475 e. The number of aliphatic hydroxyl groups is 1. The normalized spacial score (nSPS) is 20.4. The third-order valence-corrected chi connectivity index (χ3v) is 1.09. The average molecular weight is 230 g/mol. The van der Waals surface area contributed by atoms with Crippen LogP contribution in [0.3, 0.4) is 0 Å². The van der Waals surface area contributed by atoms with Crippen LogP contribution in [-0.2, 0) is 19.1 Å². The summed E-state index contributed by atoms with van der Waals surface area (Å²) in [5, 5.41) is 15.6. The van der Waals surface area contributed by atoms with Crippen molar-refractivity contribution >= 4 is 17.9 Å². The quantitative estimate of drug-likeness (QED) is 0.428. The Morgan fingerprint density at radius 2 is 1.80 bits per heavy atom. The highest BCUT2D eigenvalue weighted by Gasteiger charge is 2.38. The van der Waals surface area contributed by atoms with E-state index in [0.29, 0.717) is 0 Å². The first-order chi connectivity index (χ1) is 6.64. The number of alkyl halides is 3. The van der Waals surface area contributed by atoms with Crippen LogP contribution in [0.2, 0.25) is 0 Å². The molecule has 15 heavy (non-hydrogen) atoms. The summed E-state index contributed by atoms with van der Waals surface area (Å²) in [6, 6.07) is 0. The van der Waals surface area contributed by atoms with Gasteiger partial charge in [0.2, 0.25) is 0 Å². The number of rotatable bonds is 0. The van der Waals surface area contributed by atoms with Crippen LogP contribution in [0.4, 0.5) is 13.2 Å². The first-order valence-electron chi connectivity index (χ1n) is 3.37. The van der Waals surface area contributed by atoms with Crippen molar-refractivity contribution in [2.75, 3.05) is 0 Å². The van der Waals surface area contributed by atoms with Gasteiger partial charge in [-0.05, 0) is 0 Å². The molecule has 86 valence electrons. The number of halogens is 3. The first kappa shape index (κ1) is 13.4. The minimum atomic E-state index is -5.08. The predicted molar refractivity (Wildman–Crippen MR) is 35.4 cm³/mol. The van der Waals surface area contributed by atoms with Crippen LogP contribution in [0.25, 0.3) is 0 Å². The van der Waals surface area contributed by atoms with Crippen LogP contribution in [0, 0.1) is 0 Å². The molecule has 6 nitrogen and oxygen atoms in total. The van der Waals surface area contributed by atoms with Crippen LogP contribution >= 0.6 is 0 Å². The summed E-state index contributed by atoms with van der Waals surface area (Å²) in [7, 11) is 0. The van der Waals surface area contributed by atoms with Gasteiger partial charge in [0.25, 0.3) is 0 Å². The van der Waals surface area contributed by atoms with E-state index >= 15 is 0 Å². The minimum Gasteiger partial charge on any atom is -0.475 e. The van der Waals surface area contributed by atoms with Crippen molar-refractivity contribution in [3.05, 3.63) is 0 Å². The van der Waals surface area contributed by atoms with Gasteiger partial charge in [-0.25, -0.2) is 9.59 Å². The Bertz CT molecular complexity index is 283. The molecule has 0 amide bonds. The summed E-state index contributed by atoms with van der Waals surface area (Å²) in [5.41, 5.74) is 0. The highest BCUT2D eigenvalue weighted by Crippen LogP contribution is 2.13. The van der Waals surface area contributed by atoms with Crippen molar-refractivity contribution in [2.24, 2.45) is 0 Å². The number of aliphatic carboxylic acids is 1. The highest BCUT2D eigenvalue weighted by atomic mass is 19.4. The fraction of sp³-hybridized carbons (Fsp3) is 0.500. The zero-order chi connectivity index (χ0) is 12.2. The van der Waals surface area contributed by atoms with E-state index in [0.717, 1.165) is 0 Å². The Balaban J connectivity index is 0.000000265. The second-order valence-corrected chi connectivity index (χ2v) is 2.32. The molecule has 0 aromatic carbocycles.